The van der Waals surface area contributed by atoms with E-state index in [1.54, 1.807) is 0 Å². The zero-order valence-corrected chi connectivity index (χ0v) is 10.8. The maximum absolute atomic E-state index is 12.7. The molecule has 2 heterocycles. The molecule has 3 fully saturated rings. The van der Waals surface area contributed by atoms with Crippen molar-refractivity contribution in [1.82, 2.24) is 4.90 Å². The van der Waals surface area contributed by atoms with Crippen LogP contribution >= 0.6 is 0 Å². The van der Waals surface area contributed by atoms with Gasteiger partial charge in [0.1, 0.15) is 5.41 Å². The first-order chi connectivity index (χ1) is 8.55. The number of aliphatic hydroxyl groups is 1. The number of amides is 1. The summed E-state index contributed by atoms with van der Waals surface area (Å²) < 4.78 is 0. The van der Waals surface area contributed by atoms with Crippen molar-refractivity contribution in [2.24, 2.45) is 11.3 Å². The summed E-state index contributed by atoms with van der Waals surface area (Å²) >= 11 is 0. The van der Waals surface area contributed by atoms with Crippen LogP contribution in [0.15, 0.2) is 0 Å². The number of fused-ring (bicyclic) bond motifs is 2. The third-order valence-corrected chi connectivity index (χ3v) is 4.96. The van der Waals surface area contributed by atoms with Gasteiger partial charge in [-0.05, 0) is 44.4 Å². The third-order valence-electron chi connectivity index (χ3n) is 4.96. The minimum atomic E-state index is -0.747. The number of nitriles is 1. The molecule has 0 radical (unpaired) electrons. The van der Waals surface area contributed by atoms with Gasteiger partial charge in [0.2, 0.25) is 5.91 Å². The molecule has 4 nitrogen and oxygen atoms in total. The molecule has 2 bridgehead atoms. The Kier molecular flexibility index (Phi) is 2.63. The summed E-state index contributed by atoms with van der Waals surface area (Å²) in [4.78, 5) is 14.6. The molecule has 2 unspecified atom stereocenters. The van der Waals surface area contributed by atoms with Gasteiger partial charge in [-0.15, -0.1) is 0 Å². The summed E-state index contributed by atoms with van der Waals surface area (Å²) in [7, 11) is 0. The van der Waals surface area contributed by atoms with Gasteiger partial charge < -0.3 is 10.0 Å². The quantitative estimate of drug-likeness (QED) is 0.763. The minimum absolute atomic E-state index is 0.0440. The zero-order valence-electron chi connectivity index (χ0n) is 10.8. The van der Waals surface area contributed by atoms with Crippen molar-refractivity contribution in [3.63, 3.8) is 0 Å². The Morgan fingerprint density at radius 3 is 2.33 bits per heavy atom. The molecule has 1 saturated carbocycles. The van der Waals surface area contributed by atoms with Gasteiger partial charge in [0, 0.05) is 12.1 Å². The van der Waals surface area contributed by atoms with E-state index in [0.29, 0.717) is 31.6 Å². The summed E-state index contributed by atoms with van der Waals surface area (Å²) in [5.74, 6) is 0.532. The normalized spacial score (nSPS) is 46.4. The predicted octanol–water partition coefficient (Wildman–Crippen LogP) is 1.44. The van der Waals surface area contributed by atoms with Gasteiger partial charge in [-0.1, -0.05) is 6.92 Å². The van der Waals surface area contributed by atoms with Crippen molar-refractivity contribution in [2.45, 2.75) is 63.6 Å². The van der Waals surface area contributed by atoms with Gasteiger partial charge in [0.15, 0.2) is 0 Å². The Bertz CT molecular complexity index is 395. The van der Waals surface area contributed by atoms with Crippen LogP contribution in [-0.4, -0.2) is 34.1 Å². The molecule has 1 N–H and O–H groups in total. The average Bonchev–Trinajstić information content (AvgIpc) is 2.56. The number of carbonyl (C=O) groups excluding carboxylic acids is 1. The largest absolute Gasteiger partial charge is 0.393 e. The highest BCUT2D eigenvalue weighted by Gasteiger charge is 2.55. The Balaban J connectivity index is 1.80. The minimum Gasteiger partial charge on any atom is -0.393 e. The monoisotopic (exact) mass is 248 g/mol. The zero-order chi connectivity index (χ0) is 12.9. The SMILES string of the molecule is CC1CC(C#N)(C(=O)N2C3CCC2CC(O)C3)C1. The predicted molar refractivity (Wildman–Crippen MR) is 65.3 cm³/mol. The van der Waals surface area contributed by atoms with E-state index >= 15 is 0 Å². The van der Waals surface area contributed by atoms with Crippen molar-refractivity contribution in [3.05, 3.63) is 0 Å². The summed E-state index contributed by atoms with van der Waals surface area (Å²) in [5, 5.41) is 19.1. The van der Waals surface area contributed by atoms with Crippen molar-refractivity contribution in [2.75, 3.05) is 0 Å². The maximum atomic E-state index is 12.7. The van der Waals surface area contributed by atoms with Gasteiger partial charge in [-0.3, -0.25) is 4.79 Å². The Morgan fingerprint density at radius 1 is 1.33 bits per heavy atom. The van der Waals surface area contributed by atoms with Crippen molar-refractivity contribution >= 4 is 5.91 Å². The number of rotatable bonds is 1. The lowest BCUT2D eigenvalue weighted by atomic mass is 9.62. The highest BCUT2D eigenvalue weighted by molar-refractivity contribution is 5.87. The van der Waals surface area contributed by atoms with Crippen LogP contribution in [0, 0.1) is 22.7 Å². The fraction of sp³-hybridized carbons (Fsp3) is 0.857. The molecule has 1 amide bonds. The molecular weight excluding hydrogens is 228 g/mol. The Labute approximate surface area is 108 Å². The van der Waals surface area contributed by atoms with Crippen LogP contribution in [0.3, 0.4) is 0 Å². The average molecular weight is 248 g/mol. The molecule has 2 aliphatic heterocycles. The molecule has 1 aliphatic carbocycles. The van der Waals surface area contributed by atoms with E-state index in [9.17, 15) is 15.2 Å². The molecule has 18 heavy (non-hydrogen) atoms. The molecule has 0 aromatic rings. The second-order valence-electron chi connectivity index (χ2n) is 6.43. The number of aliphatic hydroxyl groups excluding tert-OH is 1. The molecule has 0 aromatic heterocycles. The summed E-state index contributed by atoms with van der Waals surface area (Å²) in [5.41, 5.74) is -0.747. The molecule has 2 saturated heterocycles. The Hall–Kier alpha value is -1.08. The lowest BCUT2D eigenvalue weighted by Crippen LogP contribution is -2.56. The van der Waals surface area contributed by atoms with Crippen molar-refractivity contribution < 1.29 is 9.90 Å². The van der Waals surface area contributed by atoms with Crippen LogP contribution in [0.25, 0.3) is 0 Å². The first-order valence-electron chi connectivity index (χ1n) is 6.98. The molecule has 0 aromatic carbocycles. The van der Waals surface area contributed by atoms with E-state index in [4.69, 9.17) is 0 Å². The van der Waals surface area contributed by atoms with Crippen LogP contribution in [0.2, 0.25) is 0 Å². The molecular formula is C14H20N2O2. The summed E-state index contributed by atoms with van der Waals surface area (Å²) in [6, 6.07) is 2.62. The standard InChI is InChI=1S/C14H20N2O2/c1-9-6-14(7-9,8-15)13(18)16-10-2-3-11(16)5-12(17)4-10/h9-12,17H,2-7H2,1H3. The smallest absolute Gasteiger partial charge is 0.243 e. The van der Waals surface area contributed by atoms with Crippen molar-refractivity contribution in [3.8, 4) is 6.07 Å². The summed E-state index contributed by atoms with van der Waals surface area (Å²) in [6.45, 7) is 2.09. The highest BCUT2D eigenvalue weighted by atomic mass is 16.3. The molecule has 2 atom stereocenters. The maximum Gasteiger partial charge on any atom is 0.243 e. The van der Waals surface area contributed by atoms with Gasteiger partial charge in [-0.2, -0.15) is 5.26 Å². The molecule has 98 valence electrons. The van der Waals surface area contributed by atoms with Crippen molar-refractivity contribution in [1.29, 1.82) is 5.26 Å². The number of hydrogen-bond acceptors (Lipinski definition) is 3. The van der Waals surface area contributed by atoms with Gasteiger partial charge in [-0.25, -0.2) is 0 Å². The van der Waals surface area contributed by atoms with Crippen LogP contribution in [0.1, 0.15) is 45.4 Å². The van der Waals surface area contributed by atoms with Gasteiger partial charge in [0.05, 0.1) is 12.2 Å². The fourth-order valence-corrected chi connectivity index (χ4v) is 4.17. The summed E-state index contributed by atoms with van der Waals surface area (Å²) in [6.07, 6.45) is 4.53. The topological polar surface area (TPSA) is 64.3 Å². The first-order valence-corrected chi connectivity index (χ1v) is 6.98. The van der Waals surface area contributed by atoms with E-state index in [2.05, 4.69) is 13.0 Å². The van der Waals surface area contributed by atoms with Crippen LogP contribution < -0.4 is 0 Å². The van der Waals surface area contributed by atoms with E-state index in [1.807, 2.05) is 4.90 Å². The number of carbonyl (C=O) groups is 1. The number of hydrogen-bond donors (Lipinski definition) is 1. The van der Waals surface area contributed by atoms with Crippen LogP contribution in [-0.2, 0) is 4.79 Å². The first kappa shape index (κ1) is 12.0. The Morgan fingerprint density at radius 2 is 1.89 bits per heavy atom. The van der Waals surface area contributed by atoms with E-state index in [1.165, 1.54) is 0 Å². The van der Waals surface area contributed by atoms with Crippen LogP contribution in [0.4, 0.5) is 0 Å². The number of nitrogens with zero attached hydrogens (tertiary/aromatic N) is 2. The fourth-order valence-electron chi connectivity index (χ4n) is 4.17. The van der Waals surface area contributed by atoms with Crippen LogP contribution in [0.5, 0.6) is 0 Å². The molecule has 4 heteroatoms. The third kappa shape index (κ3) is 1.57. The van der Waals surface area contributed by atoms with E-state index in [0.717, 1.165) is 12.8 Å². The lowest BCUT2D eigenvalue weighted by molar-refractivity contribution is -0.151. The second-order valence-corrected chi connectivity index (χ2v) is 6.43. The number of piperidine rings is 1. The van der Waals surface area contributed by atoms with Gasteiger partial charge >= 0.3 is 0 Å². The molecule has 3 aliphatic rings. The second kappa shape index (κ2) is 3.96. The van der Waals surface area contributed by atoms with E-state index < -0.39 is 5.41 Å². The highest BCUT2D eigenvalue weighted by Crippen LogP contribution is 2.49. The molecule has 3 rings (SSSR count). The lowest BCUT2D eigenvalue weighted by Gasteiger charge is -2.46. The van der Waals surface area contributed by atoms with Gasteiger partial charge in [0.25, 0.3) is 0 Å². The molecule has 0 spiro atoms. The van der Waals surface area contributed by atoms with E-state index in [-0.39, 0.29) is 24.1 Å².